The second kappa shape index (κ2) is 9.17. The average Bonchev–Trinajstić information content (AvgIpc) is 3.22. The molecule has 2 aromatic carbocycles. The number of aliphatic hydroxyl groups is 2. The summed E-state index contributed by atoms with van der Waals surface area (Å²) in [5.41, 5.74) is 3.10. The van der Waals surface area contributed by atoms with Gasteiger partial charge in [0.2, 0.25) is 0 Å². The van der Waals surface area contributed by atoms with Crippen molar-refractivity contribution in [3.8, 4) is 28.7 Å². The molecule has 2 atom stereocenters. The molecule has 154 valence electrons. The van der Waals surface area contributed by atoms with Crippen LogP contribution in [0.15, 0.2) is 60.9 Å². The summed E-state index contributed by atoms with van der Waals surface area (Å²) in [6.45, 7) is 1.49. The zero-order valence-electron chi connectivity index (χ0n) is 17.0. The highest BCUT2D eigenvalue weighted by molar-refractivity contribution is 5.65. The molecule has 0 saturated heterocycles. The Morgan fingerprint density at radius 2 is 1.77 bits per heavy atom. The standard InChI is InChI=1S/C25H26N2O3/c1-18(29)25-26-15-16-27(25)22(17-28)12-7-19-5-8-20(9-6-19)21-10-13-24(14-11-21)30-23-3-2-4-23/h5-6,8-11,13-16,18,22-23,28-29H,2-4,17H2,1H3/t18-,22-/m0/s1. The van der Waals surface area contributed by atoms with Gasteiger partial charge in [0.05, 0.1) is 12.7 Å². The van der Waals surface area contributed by atoms with E-state index in [2.05, 4.69) is 29.0 Å². The molecular formula is C25H26N2O3. The maximum Gasteiger partial charge on any atom is 0.138 e. The number of benzene rings is 2. The summed E-state index contributed by atoms with van der Waals surface area (Å²) in [7, 11) is 0. The third-order valence-electron chi connectivity index (χ3n) is 5.39. The van der Waals surface area contributed by atoms with Gasteiger partial charge in [-0.15, -0.1) is 0 Å². The topological polar surface area (TPSA) is 67.5 Å². The van der Waals surface area contributed by atoms with Crippen molar-refractivity contribution in [2.45, 2.75) is 44.4 Å². The summed E-state index contributed by atoms with van der Waals surface area (Å²) in [6.07, 6.45) is 6.56. The van der Waals surface area contributed by atoms with Crippen molar-refractivity contribution < 1.29 is 14.9 Å². The monoisotopic (exact) mass is 402 g/mol. The first kappa shape index (κ1) is 20.2. The van der Waals surface area contributed by atoms with Gasteiger partial charge in [0, 0.05) is 18.0 Å². The van der Waals surface area contributed by atoms with Gasteiger partial charge in [-0.3, -0.25) is 0 Å². The molecule has 1 fully saturated rings. The molecule has 2 N–H and O–H groups in total. The van der Waals surface area contributed by atoms with Crippen molar-refractivity contribution in [3.63, 3.8) is 0 Å². The fraction of sp³-hybridized carbons (Fsp3) is 0.320. The van der Waals surface area contributed by atoms with Crippen molar-refractivity contribution >= 4 is 0 Å². The number of hydrogen-bond acceptors (Lipinski definition) is 4. The lowest BCUT2D eigenvalue weighted by Gasteiger charge is -2.26. The van der Waals surface area contributed by atoms with Crippen molar-refractivity contribution in [3.05, 3.63) is 72.3 Å². The van der Waals surface area contributed by atoms with Crippen molar-refractivity contribution in [1.82, 2.24) is 9.55 Å². The molecule has 1 saturated carbocycles. The third-order valence-corrected chi connectivity index (χ3v) is 5.39. The molecule has 1 aliphatic carbocycles. The van der Waals surface area contributed by atoms with Gasteiger partial charge in [0.1, 0.15) is 23.7 Å². The fourth-order valence-electron chi connectivity index (χ4n) is 3.43. The average molecular weight is 402 g/mol. The van der Waals surface area contributed by atoms with Crippen LogP contribution < -0.4 is 4.74 Å². The molecular weight excluding hydrogens is 376 g/mol. The second-order valence-electron chi connectivity index (χ2n) is 7.61. The largest absolute Gasteiger partial charge is 0.490 e. The first-order chi connectivity index (χ1) is 14.6. The van der Waals surface area contributed by atoms with Gasteiger partial charge in [0.25, 0.3) is 0 Å². The van der Waals surface area contributed by atoms with Gasteiger partial charge in [0.15, 0.2) is 0 Å². The lowest BCUT2D eigenvalue weighted by Crippen LogP contribution is -2.24. The zero-order chi connectivity index (χ0) is 20.9. The molecule has 4 rings (SSSR count). The number of aliphatic hydroxyl groups excluding tert-OH is 2. The van der Waals surface area contributed by atoms with Gasteiger partial charge >= 0.3 is 0 Å². The van der Waals surface area contributed by atoms with Crippen LogP contribution in [0.1, 0.15) is 49.7 Å². The van der Waals surface area contributed by atoms with E-state index in [-0.39, 0.29) is 6.61 Å². The van der Waals surface area contributed by atoms with Crippen LogP contribution in [0.5, 0.6) is 5.75 Å². The van der Waals surface area contributed by atoms with Gasteiger partial charge in [-0.1, -0.05) is 36.1 Å². The summed E-state index contributed by atoms with van der Waals surface area (Å²) < 4.78 is 7.63. The van der Waals surface area contributed by atoms with Gasteiger partial charge in [-0.2, -0.15) is 0 Å². The highest BCUT2D eigenvalue weighted by Crippen LogP contribution is 2.27. The lowest BCUT2D eigenvalue weighted by molar-refractivity contribution is 0.120. The molecule has 3 aromatic rings. The van der Waals surface area contributed by atoms with Crippen LogP contribution in [0.2, 0.25) is 0 Å². The molecule has 1 heterocycles. The lowest BCUT2D eigenvalue weighted by atomic mass is 9.96. The molecule has 0 spiro atoms. The van der Waals surface area contributed by atoms with E-state index in [4.69, 9.17) is 4.74 Å². The van der Waals surface area contributed by atoms with Crippen LogP contribution in [0.4, 0.5) is 0 Å². The van der Waals surface area contributed by atoms with Gasteiger partial charge in [-0.25, -0.2) is 4.98 Å². The van der Waals surface area contributed by atoms with Gasteiger partial charge in [-0.05, 0) is 61.6 Å². The van der Waals surface area contributed by atoms with Crippen LogP contribution in [-0.4, -0.2) is 32.5 Å². The van der Waals surface area contributed by atoms with E-state index in [9.17, 15) is 10.2 Å². The van der Waals surface area contributed by atoms with Crippen molar-refractivity contribution in [2.75, 3.05) is 6.61 Å². The van der Waals surface area contributed by atoms with E-state index < -0.39 is 12.1 Å². The Hall–Kier alpha value is -3.07. The van der Waals surface area contributed by atoms with E-state index >= 15 is 0 Å². The van der Waals surface area contributed by atoms with Crippen LogP contribution in [0.25, 0.3) is 11.1 Å². The maximum absolute atomic E-state index is 9.82. The predicted molar refractivity (Wildman–Crippen MR) is 116 cm³/mol. The molecule has 0 aliphatic heterocycles. The SMILES string of the molecule is C[C@H](O)c1nccn1[C@@H](C#Cc1ccc(-c2ccc(OC3CCC3)cc2)cc1)CO. The van der Waals surface area contributed by atoms with Crippen molar-refractivity contribution in [1.29, 1.82) is 0 Å². The molecule has 5 heteroatoms. The second-order valence-corrected chi connectivity index (χ2v) is 7.61. The Labute approximate surface area is 177 Å². The fourth-order valence-corrected chi connectivity index (χ4v) is 3.43. The molecule has 0 amide bonds. The molecule has 30 heavy (non-hydrogen) atoms. The van der Waals surface area contributed by atoms with Crippen LogP contribution in [0.3, 0.4) is 0 Å². The zero-order valence-corrected chi connectivity index (χ0v) is 17.0. The van der Waals surface area contributed by atoms with E-state index in [0.29, 0.717) is 11.9 Å². The number of imidazole rings is 1. The third kappa shape index (κ3) is 4.56. The van der Waals surface area contributed by atoms with Crippen LogP contribution in [-0.2, 0) is 0 Å². The van der Waals surface area contributed by atoms with E-state index in [1.54, 1.807) is 23.9 Å². The number of rotatable bonds is 6. The summed E-state index contributed by atoms with van der Waals surface area (Å²) in [5.74, 6) is 7.60. The Morgan fingerprint density at radius 1 is 1.10 bits per heavy atom. The minimum atomic E-state index is -0.722. The first-order valence-corrected chi connectivity index (χ1v) is 10.3. The molecule has 0 bridgehead atoms. The minimum Gasteiger partial charge on any atom is -0.490 e. The number of aromatic nitrogens is 2. The summed E-state index contributed by atoms with van der Waals surface area (Å²) in [6, 6.07) is 15.8. The van der Waals surface area contributed by atoms with Crippen molar-refractivity contribution in [2.24, 2.45) is 0 Å². The quantitative estimate of drug-likeness (QED) is 0.609. The maximum atomic E-state index is 9.82. The molecule has 0 radical (unpaired) electrons. The van der Waals surface area contributed by atoms with E-state index in [1.807, 2.05) is 36.4 Å². The van der Waals surface area contributed by atoms with Crippen LogP contribution in [0, 0.1) is 11.8 Å². The van der Waals surface area contributed by atoms with E-state index in [1.165, 1.54) is 6.42 Å². The Balaban J connectivity index is 1.45. The molecule has 1 aliphatic rings. The Kier molecular flexibility index (Phi) is 6.18. The van der Waals surface area contributed by atoms with Crippen LogP contribution >= 0.6 is 0 Å². The van der Waals surface area contributed by atoms with E-state index in [0.717, 1.165) is 35.3 Å². The minimum absolute atomic E-state index is 0.156. The molecule has 5 nitrogen and oxygen atoms in total. The number of nitrogens with zero attached hydrogens (tertiary/aromatic N) is 2. The highest BCUT2D eigenvalue weighted by atomic mass is 16.5. The number of ether oxygens (including phenoxy) is 1. The predicted octanol–water partition coefficient (Wildman–Crippen LogP) is 4.12. The number of hydrogen-bond donors (Lipinski definition) is 2. The highest BCUT2D eigenvalue weighted by Gasteiger charge is 2.19. The normalized spacial score (nSPS) is 15.6. The Morgan fingerprint density at radius 3 is 2.33 bits per heavy atom. The molecule has 1 aromatic heterocycles. The summed E-state index contributed by atoms with van der Waals surface area (Å²) in [5, 5.41) is 19.5. The smallest absolute Gasteiger partial charge is 0.138 e. The molecule has 0 unspecified atom stereocenters. The van der Waals surface area contributed by atoms with Gasteiger partial charge < -0.3 is 19.5 Å². The summed E-state index contributed by atoms with van der Waals surface area (Å²) in [4.78, 5) is 4.14. The summed E-state index contributed by atoms with van der Waals surface area (Å²) >= 11 is 0. The first-order valence-electron chi connectivity index (χ1n) is 10.3. The Bertz CT molecular complexity index is 1020.